The Labute approximate surface area is 101 Å². The number of para-hydroxylation sites is 1. The molecule has 3 nitrogen and oxygen atoms in total. The minimum atomic E-state index is -3.85. The van der Waals surface area contributed by atoms with Gasteiger partial charge in [-0.15, -0.1) is 0 Å². The van der Waals surface area contributed by atoms with Crippen molar-refractivity contribution >= 4 is 13.2 Å². The molecule has 2 aromatic carbocycles. The van der Waals surface area contributed by atoms with Gasteiger partial charge in [-0.1, -0.05) is 0 Å². The summed E-state index contributed by atoms with van der Waals surface area (Å²) in [6.45, 7) is 1.87. The van der Waals surface area contributed by atoms with Gasteiger partial charge in [-0.3, -0.25) is 0 Å². The molecule has 2 rings (SSSR count). The molecule has 0 amide bonds. The SMILES string of the molecule is Cc1ccccc1O[PH](O)(O)c1ccccc1. The molecule has 0 aliphatic heterocycles. The van der Waals surface area contributed by atoms with Crippen LogP contribution in [0.25, 0.3) is 0 Å². The zero-order valence-corrected chi connectivity index (χ0v) is 10.5. The molecule has 90 valence electrons. The van der Waals surface area contributed by atoms with Crippen LogP contribution in [0.4, 0.5) is 0 Å². The molecule has 0 saturated carbocycles. The number of rotatable bonds is 3. The summed E-state index contributed by atoms with van der Waals surface area (Å²) in [7, 11) is -3.85. The quantitative estimate of drug-likeness (QED) is 0.821. The van der Waals surface area contributed by atoms with Gasteiger partial charge in [-0.2, -0.15) is 0 Å². The van der Waals surface area contributed by atoms with E-state index in [0.29, 0.717) is 11.1 Å². The Kier molecular flexibility index (Phi) is 3.43. The number of hydrogen-bond acceptors (Lipinski definition) is 3. The monoisotopic (exact) mass is 250 g/mol. The molecule has 0 spiro atoms. The first-order valence-corrected chi connectivity index (χ1v) is 7.15. The van der Waals surface area contributed by atoms with E-state index in [1.165, 1.54) is 0 Å². The summed E-state index contributed by atoms with van der Waals surface area (Å²) in [6.07, 6.45) is 0. The summed E-state index contributed by atoms with van der Waals surface area (Å²) in [5.74, 6) is 0.507. The normalized spacial score (nSPS) is 12.2. The average molecular weight is 250 g/mol. The molecule has 0 bridgehead atoms. The third-order valence-corrected chi connectivity index (χ3v) is 4.09. The predicted octanol–water partition coefficient (Wildman–Crippen LogP) is 2.18. The van der Waals surface area contributed by atoms with Crippen molar-refractivity contribution in [3.05, 3.63) is 60.2 Å². The zero-order chi connectivity index (χ0) is 12.3. The Hall–Kier alpha value is -1.41. The van der Waals surface area contributed by atoms with E-state index in [9.17, 15) is 9.79 Å². The Bertz CT molecular complexity index is 497. The van der Waals surface area contributed by atoms with E-state index in [1.807, 2.05) is 25.1 Å². The Morgan fingerprint density at radius 2 is 1.47 bits per heavy atom. The third-order valence-electron chi connectivity index (χ3n) is 2.50. The summed E-state index contributed by atoms with van der Waals surface area (Å²) >= 11 is 0. The molecule has 0 aliphatic carbocycles. The maximum absolute atomic E-state index is 10.0. The van der Waals surface area contributed by atoms with Gasteiger partial charge in [0, 0.05) is 0 Å². The fourth-order valence-corrected chi connectivity index (χ4v) is 2.82. The van der Waals surface area contributed by atoms with Crippen LogP contribution in [0.3, 0.4) is 0 Å². The minimum absolute atomic E-state index is 0.434. The van der Waals surface area contributed by atoms with Gasteiger partial charge >= 0.3 is 100 Å². The van der Waals surface area contributed by atoms with Gasteiger partial charge in [0.05, 0.1) is 0 Å². The molecule has 0 unspecified atom stereocenters. The maximum atomic E-state index is 10.0. The summed E-state index contributed by atoms with van der Waals surface area (Å²) < 4.78 is 5.37. The Balaban J connectivity index is 2.27. The fraction of sp³-hybridized carbons (Fsp3) is 0.0769. The van der Waals surface area contributed by atoms with Crippen LogP contribution in [-0.2, 0) is 0 Å². The van der Waals surface area contributed by atoms with E-state index in [-0.39, 0.29) is 0 Å². The van der Waals surface area contributed by atoms with Gasteiger partial charge in [0.2, 0.25) is 0 Å². The standard InChI is InChI=1S/C13H15O3P/c1-11-7-5-6-10-13(11)16-17(14,15)12-8-3-2-4-9-12/h2-10,14-15,17H,1H3. The van der Waals surface area contributed by atoms with E-state index in [1.54, 1.807) is 36.4 Å². The first kappa shape index (κ1) is 12.1. The van der Waals surface area contributed by atoms with Crippen LogP contribution >= 0.6 is 7.94 Å². The summed E-state index contributed by atoms with van der Waals surface area (Å²) in [6, 6.07) is 15.9. The van der Waals surface area contributed by atoms with E-state index in [4.69, 9.17) is 4.52 Å². The van der Waals surface area contributed by atoms with Crippen molar-refractivity contribution in [2.75, 3.05) is 0 Å². The van der Waals surface area contributed by atoms with Crippen LogP contribution in [0, 0.1) is 6.92 Å². The van der Waals surface area contributed by atoms with Crippen LogP contribution in [0.15, 0.2) is 54.6 Å². The molecule has 0 heterocycles. The fourth-order valence-electron chi connectivity index (χ4n) is 1.54. The molecule has 0 atom stereocenters. The molecule has 0 aliphatic rings. The number of aryl methyl sites for hydroxylation is 1. The third kappa shape index (κ3) is 2.83. The van der Waals surface area contributed by atoms with Crippen molar-refractivity contribution in [1.29, 1.82) is 0 Å². The Morgan fingerprint density at radius 3 is 2.12 bits per heavy atom. The van der Waals surface area contributed by atoms with Gasteiger partial charge < -0.3 is 0 Å². The molecule has 0 fully saturated rings. The summed E-state index contributed by atoms with van der Waals surface area (Å²) in [5, 5.41) is 0.434. The van der Waals surface area contributed by atoms with Crippen LogP contribution in [0.2, 0.25) is 0 Å². The molecule has 17 heavy (non-hydrogen) atoms. The van der Waals surface area contributed by atoms with E-state index < -0.39 is 7.94 Å². The van der Waals surface area contributed by atoms with Gasteiger partial charge in [0.1, 0.15) is 0 Å². The van der Waals surface area contributed by atoms with Crippen LogP contribution in [0.5, 0.6) is 5.75 Å². The van der Waals surface area contributed by atoms with E-state index in [0.717, 1.165) is 5.56 Å². The van der Waals surface area contributed by atoms with E-state index in [2.05, 4.69) is 0 Å². The Morgan fingerprint density at radius 1 is 0.882 bits per heavy atom. The van der Waals surface area contributed by atoms with Crippen molar-refractivity contribution in [3.8, 4) is 5.75 Å². The molecule has 0 saturated heterocycles. The van der Waals surface area contributed by atoms with Crippen molar-refractivity contribution in [2.45, 2.75) is 6.92 Å². The second-order valence-electron chi connectivity index (χ2n) is 3.84. The number of hydrogen-bond donors (Lipinski definition) is 2. The first-order valence-electron chi connectivity index (χ1n) is 5.34. The second kappa shape index (κ2) is 4.84. The average Bonchev–Trinajstić information content (AvgIpc) is 2.33. The van der Waals surface area contributed by atoms with Crippen LogP contribution in [-0.4, -0.2) is 9.79 Å². The first-order chi connectivity index (χ1) is 8.09. The van der Waals surface area contributed by atoms with Gasteiger partial charge in [0.15, 0.2) is 0 Å². The van der Waals surface area contributed by atoms with Gasteiger partial charge in [0.25, 0.3) is 0 Å². The van der Waals surface area contributed by atoms with E-state index >= 15 is 0 Å². The zero-order valence-electron chi connectivity index (χ0n) is 9.50. The molecular weight excluding hydrogens is 235 g/mol. The van der Waals surface area contributed by atoms with Gasteiger partial charge in [-0.05, 0) is 0 Å². The van der Waals surface area contributed by atoms with Gasteiger partial charge in [-0.25, -0.2) is 0 Å². The second-order valence-corrected chi connectivity index (χ2v) is 5.84. The van der Waals surface area contributed by atoms with Crippen molar-refractivity contribution in [2.24, 2.45) is 0 Å². The molecular formula is C13H15O3P. The summed E-state index contributed by atoms with van der Waals surface area (Å²) in [5.41, 5.74) is 0.878. The van der Waals surface area contributed by atoms with Crippen molar-refractivity contribution in [3.63, 3.8) is 0 Å². The van der Waals surface area contributed by atoms with Crippen molar-refractivity contribution < 1.29 is 14.3 Å². The molecule has 4 heteroatoms. The predicted molar refractivity (Wildman–Crippen MR) is 70.6 cm³/mol. The number of benzene rings is 2. The van der Waals surface area contributed by atoms with Crippen molar-refractivity contribution in [1.82, 2.24) is 0 Å². The molecule has 2 aromatic rings. The molecule has 0 aromatic heterocycles. The molecule has 2 N–H and O–H groups in total. The molecule has 0 radical (unpaired) electrons. The topological polar surface area (TPSA) is 49.7 Å². The van der Waals surface area contributed by atoms with Crippen LogP contribution in [0.1, 0.15) is 5.56 Å². The van der Waals surface area contributed by atoms with Crippen LogP contribution < -0.4 is 9.83 Å². The summed E-state index contributed by atoms with van der Waals surface area (Å²) in [4.78, 5) is 20.1.